The van der Waals surface area contributed by atoms with Crippen LogP contribution in [-0.2, 0) is 0 Å². The lowest BCUT2D eigenvalue weighted by atomic mass is 10.1. The van der Waals surface area contributed by atoms with Crippen molar-refractivity contribution in [3.05, 3.63) is 45.7 Å². The van der Waals surface area contributed by atoms with Gasteiger partial charge in [-0.2, -0.15) is 0 Å². The molecule has 2 rings (SSSR count). The first kappa shape index (κ1) is 11.8. The summed E-state index contributed by atoms with van der Waals surface area (Å²) >= 11 is 5.32. The van der Waals surface area contributed by atoms with E-state index in [1.807, 2.05) is 17.4 Å². The molecule has 0 radical (unpaired) electrons. The van der Waals surface area contributed by atoms with Crippen LogP contribution in [-0.4, -0.2) is 6.54 Å². The minimum absolute atomic E-state index is 0.450. The zero-order valence-corrected chi connectivity index (χ0v) is 11.5. The fourth-order valence-electron chi connectivity index (χ4n) is 1.53. The maximum Gasteiger partial charge on any atom is 0.0346 e. The lowest BCUT2D eigenvalue weighted by Gasteiger charge is -2.03. The van der Waals surface area contributed by atoms with Gasteiger partial charge in [0.1, 0.15) is 0 Å². The van der Waals surface area contributed by atoms with E-state index in [1.54, 1.807) is 0 Å². The SMILES string of the molecule is CC(CN)c1ccc(-c2cccc(Br)c2)s1. The topological polar surface area (TPSA) is 26.0 Å². The second kappa shape index (κ2) is 5.13. The molecule has 0 spiro atoms. The highest BCUT2D eigenvalue weighted by Gasteiger charge is 2.08. The zero-order chi connectivity index (χ0) is 11.5. The van der Waals surface area contributed by atoms with Crippen molar-refractivity contribution in [2.45, 2.75) is 12.8 Å². The van der Waals surface area contributed by atoms with Crippen molar-refractivity contribution in [3.63, 3.8) is 0 Å². The van der Waals surface area contributed by atoms with E-state index in [1.165, 1.54) is 15.3 Å². The number of benzene rings is 1. The fourth-order valence-corrected chi connectivity index (χ4v) is 3.00. The molecule has 0 aliphatic heterocycles. The summed E-state index contributed by atoms with van der Waals surface area (Å²) in [6.45, 7) is 2.87. The summed E-state index contributed by atoms with van der Waals surface area (Å²) in [6.07, 6.45) is 0. The first-order valence-corrected chi connectivity index (χ1v) is 6.87. The molecule has 2 aromatic rings. The van der Waals surface area contributed by atoms with E-state index in [4.69, 9.17) is 5.73 Å². The molecule has 0 aliphatic rings. The minimum Gasteiger partial charge on any atom is -0.330 e. The first-order chi connectivity index (χ1) is 7.70. The van der Waals surface area contributed by atoms with Crippen molar-refractivity contribution < 1.29 is 0 Å². The van der Waals surface area contributed by atoms with Crippen molar-refractivity contribution in [2.24, 2.45) is 5.73 Å². The van der Waals surface area contributed by atoms with Crippen molar-refractivity contribution >= 4 is 27.3 Å². The number of hydrogen-bond acceptors (Lipinski definition) is 2. The second-order valence-corrected chi connectivity index (χ2v) is 5.88. The van der Waals surface area contributed by atoms with Gasteiger partial charge in [0.15, 0.2) is 0 Å². The highest BCUT2D eigenvalue weighted by molar-refractivity contribution is 9.10. The molecule has 1 unspecified atom stereocenters. The van der Waals surface area contributed by atoms with Crippen LogP contribution in [0.15, 0.2) is 40.9 Å². The van der Waals surface area contributed by atoms with Gasteiger partial charge >= 0.3 is 0 Å². The number of halogens is 1. The van der Waals surface area contributed by atoms with E-state index in [0.717, 1.165) is 4.47 Å². The van der Waals surface area contributed by atoms with Crippen LogP contribution in [0.3, 0.4) is 0 Å². The molecule has 1 aromatic heterocycles. The predicted octanol–water partition coefficient (Wildman–Crippen LogP) is 4.24. The lowest BCUT2D eigenvalue weighted by Crippen LogP contribution is -2.06. The molecule has 1 heterocycles. The molecule has 0 saturated carbocycles. The monoisotopic (exact) mass is 295 g/mol. The van der Waals surface area contributed by atoms with Crippen LogP contribution in [0.4, 0.5) is 0 Å². The third kappa shape index (κ3) is 2.54. The van der Waals surface area contributed by atoms with Crippen molar-refractivity contribution in [3.8, 4) is 10.4 Å². The van der Waals surface area contributed by atoms with Gasteiger partial charge in [0.25, 0.3) is 0 Å². The molecule has 1 atom stereocenters. The van der Waals surface area contributed by atoms with Gasteiger partial charge in [-0.05, 0) is 36.4 Å². The summed E-state index contributed by atoms with van der Waals surface area (Å²) in [5.41, 5.74) is 6.93. The van der Waals surface area contributed by atoms with Crippen molar-refractivity contribution in [1.29, 1.82) is 0 Å². The molecule has 0 amide bonds. The predicted molar refractivity (Wildman–Crippen MR) is 74.9 cm³/mol. The highest BCUT2D eigenvalue weighted by atomic mass is 79.9. The number of thiophene rings is 1. The van der Waals surface area contributed by atoms with Crippen LogP contribution in [0.5, 0.6) is 0 Å². The fraction of sp³-hybridized carbons (Fsp3) is 0.231. The van der Waals surface area contributed by atoms with Gasteiger partial charge in [0.05, 0.1) is 0 Å². The summed E-state index contributed by atoms with van der Waals surface area (Å²) in [5, 5.41) is 0. The van der Waals surface area contributed by atoms with E-state index < -0.39 is 0 Å². The Hall–Kier alpha value is -0.640. The Labute approximate surface area is 108 Å². The number of hydrogen-bond donors (Lipinski definition) is 1. The quantitative estimate of drug-likeness (QED) is 0.900. The molecule has 1 aromatic carbocycles. The van der Waals surface area contributed by atoms with Gasteiger partial charge in [-0.3, -0.25) is 0 Å². The molecule has 0 bridgehead atoms. The third-order valence-electron chi connectivity index (χ3n) is 2.58. The summed E-state index contributed by atoms with van der Waals surface area (Å²) < 4.78 is 1.12. The van der Waals surface area contributed by atoms with Crippen LogP contribution in [0.25, 0.3) is 10.4 Å². The highest BCUT2D eigenvalue weighted by Crippen LogP contribution is 2.32. The second-order valence-electron chi connectivity index (χ2n) is 3.85. The minimum atomic E-state index is 0.450. The lowest BCUT2D eigenvalue weighted by molar-refractivity contribution is 0.790. The third-order valence-corrected chi connectivity index (χ3v) is 4.43. The normalized spacial score (nSPS) is 12.7. The van der Waals surface area contributed by atoms with Crippen LogP contribution in [0.1, 0.15) is 17.7 Å². The van der Waals surface area contributed by atoms with E-state index in [2.05, 4.69) is 53.2 Å². The molecular weight excluding hydrogens is 282 g/mol. The smallest absolute Gasteiger partial charge is 0.0346 e. The summed E-state index contributed by atoms with van der Waals surface area (Å²) in [5.74, 6) is 0.450. The Morgan fingerprint density at radius 3 is 2.81 bits per heavy atom. The Balaban J connectivity index is 2.31. The number of rotatable bonds is 3. The van der Waals surface area contributed by atoms with Gasteiger partial charge in [0, 0.05) is 20.1 Å². The molecule has 3 heteroatoms. The maximum absolute atomic E-state index is 5.68. The van der Waals surface area contributed by atoms with Gasteiger partial charge in [0.2, 0.25) is 0 Å². The molecule has 84 valence electrons. The van der Waals surface area contributed by atoms with E-state index in [9.17, 15) is 0 Å². The zero-order valence-electron chi connectivity index (χ0n) is 9.11. The Bertz CT molecular complexity index is 478. The van der Waals surface area contributed by atoms with Crippen molar-refractivity contribution in [1.82, 2.24) is 0 Å². The molecule has 1 nitrogen and oxygen atoms in total. The maximum atomic E-state index is 5.68. The van der Waals surface area contributed by atoms with Gasteiger partial charge in [-0.1, -0.05) is 35.0 Å². The van der Waals surface area contributed by atoms with Crippen LogP contribution < -0.4 is 5.73 Å². The van der Waals surface area contributed by atoms with Gasteiger partial charge in [-0.15, -0.1) is 11.3 Å². The van der Waals surface area contributed by atoms with Gasteiger partial charge < -0.3 is 5.73 Å². The van der Waals surface area contributed by atoms with E-state index >= 15 is 0 Å². The Kier molecular flexibility index (Phi) is 3.79. The molecule has 2 N–H and O–H groups in total. The molecular formula is C13H14BrNS. The molecule has 0 aliphatic carbocycles. The Morgan fingerprint density at radius 2 is 2.12 bits per heavy atom. The largest absolute Gasteiger partial charge is 0.330 e. The standard InChI is InChI=1S/C13H14BrNS/c1-9(8-15)12-5-6-13(16-12)10-3-2-4-11(14)7-10/h2-7,9H,8,15H2,1H3. The summed E-state index contributed by atoms with van der Waals surface area (Å²) in [4.78, 5) is 2.66. The average Bonchev–Trinajstić information content (AvgIpc) is 2.77. The summed E-state index contributed by atoms with van der Waals surface area (Å²) in [6, 6.07) is 12.7. The van der Waals surface area contributed by atoms with Gasteiger partial charge in [-0.25, -0.2) is 0 Å². The molecule has 0 fully saturated rings. The molecule has 16 heavy (non-hydrogen) atoms. The van der Waals surface area contributed by atoms with Crippen LogP contribution in [0, 0.1) is 0 Å². The Morgan fingerprint density at radius 1 is 1.31 bits per heavy atom. The van der Waals surface area contributed by atoms with E-state index in [-0.39, 0.29) is 0 Å². The van der Waals surface area contributed by atoms with Crippen LogP contribution in [0.2, 0.25) is 0 Å². The van der Waals surface area contributed by atoms with Crippen LogP contribution >= 0.6 is 27.3 Å². The average molecular weight is 296 g/mol. The van der Waals surface area contributed by atoms with Crippen molar-refractivity contribution in [2.75, 3.05) is 6.54 Å². The summed E-state index contributed by atoms with van der Waals surface area (Å²) in [7, 11) is 0. The van der Waals surface area contributed by atoms with E-state index in [0.29, 0.717) is 12.5 Å². The number of nitrogens with two attached hydrogens (primary N) is 1. The molecule has 0 saturated heterocycles. The first-order valence-electron chi connectivity index (χ1n) is 5.26.